The normalized spacial score (nSPS) is 20.0. The predicted molar refractivity (Wildman–Crippen MR) is 92.9 cm³/mol. The van der Waals surface area contributed by atoms with Crippen molar-refractivity contribution in [1.82, 2.24) is 10.3 Å². The van der Waals surface area contributed by atoms with Gasteiger partial charge in [-0.1, -0.05) is 35.9 Å². The molecule has 0 radical (unpaired) electrons. The Morgan fingerprint density at radius 3 is 3.00 bits per heavy atom. The molecule has 0 saturated carbocycles. The second kappa shape index (κ2) is 6.83. The third-order valence-corrected chi connectivity index (χ3v) is 5.24. The van der Waals surface area contributed by atoms with Gasteiger partial charge in [-0.05, 0) is 25.5 Å². The molecule has 0 unspecified atom stereocenters. The average molecular weight is 349 g/mol. The first-order valence-electron chi connectivity index (χ1n) is 7.40. The number of nitrogens with zero attached hydrogens (tertiary/aromatic N) is 1. The number of rotatable bonds is 4. The zero-order valence-electron chi connectivity index (χ0n) is 12.6. The van der Waals surface area contributed by atoms with E-state index in [1.807, 2.05) is 43.3 Å². The molecule has 0 spiro atoms. The van der Waals surface area contributed by atoms with Crippen LogP contribution in [0.1, 0.15) is 21.8 Å². The molecule has 1 aromatic carbocycles. The van der Waals surface area contributed by atoms with E-state index >= 15 is 0 Å². The second-order valence-electron chi connectivity index (χ2n) is 5.59. The molecular weight excluding hydrogens is 332 g/mol. The third kappa shape index (κ3) is 3.63. The van der Waals surface area contributed by atoms with Crippen molar-refractivity contribution in [1.29, 1.82) is 0 Å². The Hall–Kier alpha value is -1.69. The first-order valence-corrected chi connectivity index (χ1v) is 8.59. The number of amides is 1. The number of nitrogens with one attached hydrogen (secondary N) is 1. The number of aliphatic hydroxyl groups is 1. The van der Waals surface area contributed by atoms with E-state index in [9.17, 15) is 4.79 Å². The standard InChI is InChI=1S/C17H17ClN2O2S/c1-10-15(16(22)20-14-6-5-11(7-14)9-21)23-17(19-10)12-3-2-4-13(18)8-12/h2-6,8,11,14,21H,7,9H2,1H3,(H,20,22)/t11-,14+/m0/s1. The Bertz CT molecular complexity index is 757. The molecule has 0 saturated heterocycles. The highest BCUT2D eigenvalue weighted by atomic mass is 35.5. The molecule has 23 heavy (non-hydrogen) atoms. The summed E-state index contributed by atoms with van der Waals surface area (Å²) in [5, 5.41) is 13.6. The number of halogens is 1. The van der Waals surface area contributed by atoms with Gasteiger partial charge < -0.3 is 10.4 Å². The van der Waals surface area contributed by atoms with E-state index in [1.165, 1.54) is 11.3 Å². The molecule has 1 aliphatic carbocycles. The van der Waals surface area contributed by atoms with Gasteiger partial charge in [0.25, 0.3) is 5.91 Å². The highest BCUT2D eigenvalue weighted by Crippen LogP contribution is 2.29. The Morgan fingerprint density at radius 1 is 1.48 bits per heavy atom. The number of aromatic nitrogens is 1. The summed E-state index contributed by atoms with van der Waals surface area (Å²) in [5.41, 5.74) is 1.62. The van der Waals surface area contributed by atoms with Crippen molar-refractivity contribution >= 4 is 28.8 Å². The molecule has 120 valence electrons. The van der Waals surface area contributed by atoms with E-state index in [-0.39, 0.29) is 24.5 Å². The Labute approximate surface area is 143 Å². The fourth-order valence-electron chi connectivity index (χ4n) is 2.60. The largest absolute Gasteiger partial charge is 0.396 e. The molecule has 0 bridgehead atoms. The SMILES string of the molecule is Cc1nc(-c2cccc(Cl)c2)sc1C(=O)N[C@@H]1C=C[C@H](CO)C1. The number of benzene rings is 1. The maximum atomic E-state index is 12.5. The van der Waals surface area contributed by atoms with E-state index in [2.05, 4.69) is 10.3 Å². The van der Waals surface area contributed by atoms with Gasteiger partial charge in [0.15, 0.2) is 0 Å². The summed E-state index contributed by atoms with van der Waals surface area (Å²) in [5.74, 6) is 0.00592. The molecule has 1 heterocycles. The zero-order valence-corrected chi connectivity index (χ0v) is 14.2. The van der Waals surface area contributed by atoms with Gasteiger partial charge >= 0.3 is 0 Å². The minimum Gasteiger partial charge on any atom is -0.396 e. The first kappa shape index (κ1) is 16.2. The first-order chi connectivity index (χ1) is 11.1. The van der Waals surface area contributed by atoms with Crippen molar-refractivity contribution in [3.8, 4) is 10.6 Å². The Morgan fingerprint density at radius 2 is 2.30 bits per heavy atom. The molecule has 1 aromatic heterocycles. The quantitative estimate of drug-likeness (QED) is 0.832. The van der Waals surface area contributed by atoms with E-state index < -0.39 is 0 Å². The Balaban J connectivity index is 1.76. The van der Waals surface area contributed by atoms with Gasteiger partial charge in [0.05, 0.1) is 5.69 Å². The van der Waals surface area contributed by atoms with Crippen LogP contribution in [-0.4, -0.2) is 28.6 Å². The lowest BCUT2D eigenvalue weighted by atomic mass is 10.1. The van der Waals surface area contributed by atoms with Crippen molar-refractivity contribution in [2.45, 2.75) is 19.4 Å². The molecule has 0 fully saturated rings. The van der Waals surface area contributed by atoms with E-state index in [1.54, 1.807) is 0 Å². The van der Waals surface area contributed by atoms with E-state index in [0.717, 1.165) is 17.0 Å². The average Bonchev–Trinajstić information content (AvgIpc) is 3.13. The minimum absolute atomic E-state index is 0.0317. The van der Waals surface area contributed by atoms with Crippen molar-refractivity contribution in [3.05, 3.63) is 52.0 Å². The van der Waals surface area contributed by atoms with Gasteiger partial charge in [0.2, 0.25) is 0 Å². The number of hydrogen-bond acceptors (Lipinski definition) is 4. The van der Waals surface area contributed by atoms with Crippen LogP contribution in [0.2, 0.25) is 5.02 Å². The molecule has 1 amide bonds. The van der Waals surface area contributed by atoms with Crippen LogP contribution in [0.5, 0.6) is 0 Å². The molecule has 4 nitrogen and oxygen atoms in total. The van der Waals surface area contributed by atoms with E-state index in [0.29, 0.717) is 15.6 Å². The van der Waals surface area contributed by atoms with E-state index in [4.69, 9.17) is 16.7 Å². The van der Waals surface area contributed by atoms with Crippen molar-refractivity contribution < 1.29 is 9.90 Å². The van der Waals surface area contributed by atoms with Crippen LogP contribution >= 0.6 is 22.9 Å². The van der Waals surface area contributed by atoms with Gasteiger partial charge in [-0.15, -0.1) is 11.3 Å². The lowest BCUT2D eigenvalue weighted by molar-refractivity contribution is 0.0944. The molecule has 2 atom stereocenters. The number of thiazole rings is 1. The number of carbonyl (C=O) groups excluding carboxylic acids is 1. The predicted octanol–water partition coefficient (Wildman–Crippen LogP) is 3.44. The highest BCUT2D eigenvalue weighted by Gasteiger charge is 2.23. The molecule has 1 aliphatic rings. The second-order valence-corrected chi connectivity index (χ2v) is 7.02. The highest BCUT2D eigenvalue weighted by molar-refractivity contribution is 7.17. The maximum Gasteiger partial charge on any atom is 0.263 e. The Kier molecular flexibility index (Phi) is 4.80. The summed E-state index contributed by atoms with van der Waals surface area (Å²) in [6, 6.07) is 7.41. The molecule has 0 aliphatic heterocycles. The minimum atomic E-state index is -0.124. The van der Waals surface area contributed by atoms with Gasteiger partial charge in [0.1, 0.15) is 9.88 Å². The summed E-state index contributed by atoms with van der Waals surface area (Å²) < 4.78 is 0. The van der Waals surface area contributed by atoms with Crippen LogP contribution in [0.3, 0.4) is 0 Å². The number of carbonyl (C=O) groups is 1. The summed E-state index contributed by atoms with van der Waals surface area (Å²) in [7, 11) is 0. The molecule has 2 aromatic rings. The van der Waals surface area contributed by atoms with Gasteiger partial charge in [-0.25, -0.2) is 4.98 Å². The van der Waals surface area contributed by atoms with Crippen molar-refractivity contribution in [3.63, 3.8) is 0 Å². The summed E-state index contributed by atoms with van der Waals surface area (Å²) in [6.07, 6.45) is 4.62. The number of hydrogen-bond donors (Lipinski definition) is 2. The van der Waals surface area contributed by atoms with Gasteiger partial charge in [-0.2, -0.15) is 0 Å². The maximum absolute atomic E-state index is 12.5. The lowest BCUT2D eigenvalue weighted by Crippen LogP contribution is -2.32. The number of aliphatic hydroxyl groups excluding tert-OH is 1. The third-order valence-electron chi connectivity index (χ3n) is 3.80. The fourth-order valence-corrected chi connectivity index (χ4v) is 3.76. The lowest BCUT2D eigenvalue weighted by Gasteiger charge is -2.11. The smallest absolute Gasteiger partial charge is 0.263 e. The van der Waals surface area contributed by atoms with Crippen LogP contribution < -0.4 is 5.32 Å². The van der Waals surface area contributed by atoms with Crippen LogP contribution in [0, 0.1) is 12.8 Å². The van der Waals surface area contributed by atoms with Crippen molar-refractivity contribution in [2.75, 3.05) is 6.61 Å². The fraction of sp³-hybridized carbons (Fsp3) is 0.294. The molecule has 6 heteroatoms. The topological polar surface area (TPSA) is 62.2 Å². The zero-order chi connectivity index (χ0) is 16.4. The van der Waals surface area contributed by atoms with Crippen LogP contribution in [0.15, 0.2) is 36.4 Å². The summed E-state index contributed by atoms with van der Waals surface area (Å²) in [4.78, 5) is 17.6. The van der Waals surface area contributed by atoms with Crippen molar-refractivity contribution in [2.24, 2.45) is 5.92 Å². The van der Waals surface area contributed by atoms with Crippen LogP contribution in [-0.2, 0) is 0 Å². The monoisotopic (exact) mass is 348 g/mol. The van der Waals surface area contributed by atoms with Gasteiger partial charge in [-0.3, -0.25) is 4.79 Å². The van der Waals surface area contributed by atoms with Gasteiger partial charge in [0, 0.05) is 29.2 Å². The van der Waals surface area contributed by atoms with Crippen LogP contribution in [0.4, 0.5) is 0 Å². The molecular formula is C17H17ClN2O2S. The van der Waals surface area contributed by atoms with Crippen LogP contribution in [0.25, 0.3) is 10.6 Å². The molecule has 3 rings (SSSR count). The summed E-state index contributed by atoms with van der Waals surface area (Å²) in [6.45, 7) is 1.95. The number of aryl methyl sites for hydroxylation is 1. The summed E-state index contributed by atoms with van der Waals surface area (Å²) >= 11 is 7.38. The molecule has 2 N–H and O–H groups in total.